The molecule has 0 N–H and O–H groups in total. The molecule has 1 spiro atoms. The Morgan fingerprint density at radius 1 is 0.435 bits per heavy atom. The fraction of sp³-hybridized carbons (Fsp3) is 0.0233. The van der Waals surface area contributed by atoms with Gasteiger partial charge in [0.15, 0.2) is 11.5 Å². The smallest absolute Gasteiger partial charge is 0.151 e. The van der Waals surface area contributed by atoms with Crippen LogP contribution in [0.25, 0.3) is 38.6 Å². The zero-order valence-electron chi connectivity index (χ0n) is 24.8. The predicted molar refractivity (Wildman–Crippen MR) is 186 cm³/mol. The molecule has 0 saturated heterocycles. The Morgan fingerprint density at radius 3 is 1.76 bits per heavy atom. The molecule has 0 fully saturated rings. The molecule has 0 saturated carbocycles. The highest BCUT2D eigenvalue weighted by Crippen LogP contribution is 2.61. The van der Waals surface area contributed by atoms with Gasteiger partial charge in [0.05, 0.1) is 33.5 Å². The van der Waals surface area contributed by atoms with Crippen LogP contribution in [0.5, 0.6) is 11.5 Å². The van der Waals surface area contributed by atoms with Gasteiger partial charge in [0.25, 0.3) is 0 Å². The third kappa shape index (κ3) is 2.80. The van der Waals surface area contributed by atoms with Crippen LogP contribution in [0.1, 0.15) is 22.3 Å². The first-order chi connectivity index (χ1) is 22.8. The van der Waals surface area contributed by atoms with E-state index in [2.05, 4.69) is 155 Å². The largest absolute Gasteiger partial charge is 0.453 e. The molecule has 0 atom stereocenters. The van der Waals surface area contributed by atoms with Gasteiger partial charge < -0.3 is 14.2 Å². The molecular weight excluding hydrogens is 560 g/mol. The summed E-state index contributed by atoms with van der Waals surface area (Å²) in [6.45, 7) is 0. The Hall–Kier alpha value is -6.06. The minimum Gasteiger partial charge on any atom is -0.453 e. The maximum atomic E-state index is 6.39. The van der Waals surface area contributed by atoms with Gasteiger partial charge in [-0.05, 0) is 75.8 Å². The van der Waals surface area contributed by atoms with Gasteiger partial charge in [0, 0.05) is 16.5 Å². The number of para-hydroxylation sites is 6. The van der Waals surface area contributed by atoms with Gasteiger partial charge in [-0.3, -0.25) is 0 Å². The molecule has 0 unspecified atom stereocenters. The van der Waals surface area contributed by atoms with Crippen molar-refractivity contribution in [1.82, 2.24) is 4.57 Å². The number of nitrogens with zero attached hydrogens (tertiary/aromatic N) is 2. The molecule has 3 heterocycles. The number of rotatable bonds is 1. The van der Waals surface area contributed by atoms with Gasteiger partial charge >= 0.3 is 0 Å². The summed E-state index contributed by atoms with van der Waals surface area (Å²) >= 11 is 0. The van der Waals surface area contributed by atoms with E-state index in [-0.39, 0.29) is 0 Å². The van der Waals surface area contributed by atoms with E-state index in [0.29, 0.717) is 0 Å². The molecule has 11 rings (SSSR count). The fourth-order valence-electron chi connectivity index (χ4n) is 8.68. The van der Waals surface area contributed by atoms with Crippen LogP contribution < -0.4 is 9.64 Å². The number of anilines is 3. The van der Waals surface area contributed by atoms with Gasteiger partial charge in [-0.1, -0.05) is 115 Å². The molecule has 2 aliphatic heterocycles. The first-order valence-electron chi connectivity index (χ1n) is 15.9. The summed E-state index contributed by atoms with van der Waals surface area (Å²) in [4.78, 5) is 2.35. The SMILES string of the molecule is c1ccc2c(c1)Oc1ccccc1N2c1ccc2c(c1)-n1c3ccccc3c3cccc(c31)C21c2ccccc2-c2ccccc21. The van der Waals surface area contributed by atoms with E-state index in [9.17, 15) is 0 Å². The first kappa shape index (κ1) is 24.3. The van der Waals surface area contributed by atoms with E-state index >= 15 is 0 Å². The highest BCUT2D eigenvalue weighted by Gasteiger charge is 2.50. The number of benzene rings is 7. The summed E-state index contributed by atoms with van der Waals surface area (Å²) in [6.07, 6.45) is 0. The number of hydrogen-bond acceptors (Lipinski definition) is 2. The molecule has 3 heteroatoms. The Labute approximate surface area is 266 Å². The maximum Gasteiger partial charge on any atom is 0.151 e. The fourth-order valence-corrected chi connectivity index (χ4v) is 8.68. The zero-order valence-corrected chi connectivity index (χ0v) is 24.8. The second kappa shape index (κ2) is 8.56. The Morgan fingerprint density at radius 2 is 1.02 bits per heavy atom. The van der Waals surface area contributed by atoms with Gasteiger partial charge in [-0.25, -0.2) is 0 Å². The average Bonchev–Trinajstić information content (AvgIpc) is 3.61. The van der Waals surface area contributed by atoms with Crippen LogP contribution in [0.2, 0.25) is 0 Å². The van der Waals surface area contributed by atoms with Crippen LogP contribution in [-0.4, -0.2) is 4.57 Å². The third-order valence-electron chi connectivity index (χ3n) is 10.4. The Bertz CT molecular complexity index is 2500. The molecule has 8 aromatic rings. The van der Waals surface area contributed by atoms with Crippen LogP contribution >= 0.6 is 0 Å². The highest BCUT2D eigenvalue weighted by molar-refractivity contribution is 6.13. The maximum absolute atomic E-state index is 6.39. The van der Waals surface area contributed by atoms with Gasteiger partial charge in [-0.2, -0.15) is 0 Å². The van der Waals surface area contributed by atoms with Crippen LogP contribution in [0.3, 0.4) is 0 Å². The van der Waals surface area contributed by atoms with Crippen LogP contribution in [0.4, 0.5) is 17.1 Å². The first-order valence-corrected chi connectivity index (χ1v) is 15.9. The van der Waals surface area contributed by atoms with E-state index in [4.69, 9.17) is 4.74 Å². The van der Waals surface area contributed by atoms with Crippen molar-refractivity contribution in [2.45, 2.75) is 5.41 Å². The lowest BCUT2D eigenvalue weighted by Crippen LogP contribution is -2.33. The summed E-state index contributed by atoms with van der Waals surface area (Å²) in [5.74, 6) is 1.71. The van der Waals surface area contributed by atoms with E-state index < -0.39 is 5.41 Å². The second-order valence-corrected chi connectivity index (χ2v) is 12.5. The van der Waals surface area contributed by atoms with E-state index in [1.54, 1.807) is 0 Å². The Kier molecular flexibility index (Phi) is 4.52. The van der Waals surface area contributed by atoms with Crippen LogP contribution in [0, 0.1) is 0 Å². The standard InChI is InChI=1S/C43H26N2O/c1-4-16-32-28(12-1)29-13-2-5-17-33(29)43(32)34-25-24-27(44-37-20-7-9-22-40(37)46-41-23-10-8-21-38(41)44)26-39(34)45-36-19-6-3-14-30(36)31-15-11-18-35(43)42(31)45/h1-26H. The highest BCUT2D eigenvalue weighted by atomic mass is 16.5. The monoisotopic (exact) mass is 586 g/mol. The van der Waals surface area contributed by atoms with Crippen molar-refractivity contribution in [2.24, 2.45) is 0 Å². The van der Waals surface area contributed by atoms with Gasteiger partial charge in [0.2, 0.25) is 0 Å². The quantitative estimate of drug-likeness (QED) is 0.190. The topological polar surface area (TPSA) is 17.4 Å². The number of hydrogen-bond donors (Lipinski definition) is 0. The van der Waals surface area contributed by atoms with E-state index in [1.165, 1.54) is 60.9 Å². The van der Waals surface area contributed by atoms with Crippen molar-refractivity contribution in [3.8, 4) is 28.3 Å². The summed E-state index contributed by atoms with van der Waals surface area (Å²) in [7, 11) is 0. The average molecular weight is 587 g/mol. The minimum atomic E-state index is -0.453. The van der Waals surface area contributed by atoms with Crippen molar-refractivity contribution in [3.05, 3.63) is 180 Å². The lowest BCUT2D eigenvalue weighted by atomic mass is 9.65. The molecule has 7 aromatic carbocycles. The van der Waals surface area contributed by atoms with Gasteiger partial charge in [0.1, 0.15) is 0 Å². The molecule has 46 heavy (non-hydrogen) atoms. The molecular formula is C43H26N2O. The molecule has 0 radical (unpaired) electrons. The summed E-state index contributed by atoms with van der Waals surface area (Å²) in [6, 6.07) is 57.5. The van der Waals surface area contributed by atoms with Gasteiger partial charge in [-0.15, -0.1) is 0 Å². The summed E-state index contributed by atoms with van der Waals surface area (Å²) < 4.78 is 8.91. The normalized spacial score (nSPS) is 14.4. The van der Waals surface area contributed by atoms with Crippen molar-refractivity contribution < 1.29 is 4.74 Å². The molecule has 1 aliphatic carbocycles. The number of aromatic nitrogens is 1. The lowest BCUT2D eigenvalue weighted by molar-refractivity contribution is 0.477. The molecule has 0 amide bonds. The molecule has 3 aliphatic rings. The predicted octanol–water partition coefficient (Wildman–Crippen LogP) is 11.0. The summed E-state index contributed by atoms with van der Waals surface area (Å²) in [5.41, 5.74) is 14.4. The molecule has 1 aromatic heterocycles. The number of fused-ring (bicyclic) bond motifs is 14. The van der Waals surface area contributed by atoms with E-state index in [0.717, 1.165) is 28.6 Å². The Balaban J connectivity index is 1.31. The summed E-state index contributed by atoms with van der Waals surface area (Å²) in [5, 5.41) is 2.56. The van der Waals surface area contributed by atoms with Crippen LogP contribution in [-0.2, 0) is 5.41 Å². The lowest BCUT2D eigenvalue weighted by Gasteiger charge is -2.40. The second-order valence-electron chi connectivity index (χ2n) is 12.5. The van der Waals surface area contributed by atoms with E-state index in [1.807, 2.05) is 12.1 Å². The van der Waals surface area contributed by atoms with Crippen molar-refractivity contribution in [2.75, 3.05) is 4.90 Å². The zero-order chi connectivity index (χ0) is 30.0. The molecule has 3 nitrogen and oxygen atoms in total. The molecule has 214 valence electrons. The van der Waals surface area contributed by atoms with Crippen LogP contribution in [0.15, 0.2) is 158 Å². The van der Waals surface area contributed by atoms with Crippen molar-refractivity contribution >= 4 is 38.9 Å². The molecule has 0 bridgehead atoms. The van der Waals surface area contributed by atoms with Crippen molar-refractivity contribution in [1.29, 1.82) is 0 Å². The van der Waals surface area contributed by atoms with Crippen molar-refractivity contribution in [3.63, 3.8) is 0 Å². The third-order valence-corrected chi connectivity index (χ3v) is 10.4. The number of ether oxygens (including phenoxy) is 1. The minimum absolute atomic E-state index is 0.453.